The number of rotatable bonds is 31. The van der Waals surface area contributed by atoms with Crippen LogP contribution >= 0.6 is 0 Å². The number of aromatic carboxylic acids is 1. The lowest BCUT2D eigenvalue weighted by Gasteiger charge is -2.25. The van der Waals surface area contributed by atoms with Crippen molar-refractivity contribution in [1.29, 1.82) is 0 Å². The standard InChI is InChI=1S/C29H37N.C24H23NO3.C22H20N4O5.C22H21N3O3/c1-28(2,3)26-16-12-24(13-17-26)21-30(20-23-10-8-7-9-11-23)22-25-14-18-27(19-15-25)29(4,5)6;1-18(26)22-11-7-20(8-12-22)16-25(15-19-5-3-2-4-6-19)17-21-9-13-23(14-10-21)24(27)28;1-23(27)20-8-2-17(3-9-20)14-24(15-18-4-10-21(11-5-18)25(28)29)16-19-6-12-22(13-7-19)26(30)31;1-23(26)21-11-7-19(8-12-21)16-24(15-18-5-3-2-4-6-18)17-20-9-13-22(14-10-20)25(27)28/h7-19H,20-22H2,1-6H3;2-14H,15-17H2,1H3,(H,27,28);2-13H,1,14-16H2;2-14H,1,15-17H2. The third kappa shape index (κ3) is 29.3. The molecule has 0 spiro atoms. The molecule has 12 aromatic rings. The first-order valence-electron chi connectivity index (χ1n) is 38.5. The minimum atomic E-state index is -0.918. The van der Waals surface area contributed by atoms with Crippen LogP contribution in [0.15, 0.2) is 309 Å². The highest BCUT2D eigenvalue weighted by Gasteiger charge is 2.20. The van der Waals surface area contributed by atoms with E-state index < -0.39 is 20.7 Å². The van der Waals surface area contributed by atoms with Gasteiger partial charge in [0.2, 0.25) is 11.4 Å². The zero-order valence-electron chi connectivity index (χ0n) is 67.4. The van der Waals surface area contributed by atoms with Crippen LogP contribution in [0.4, 0.5) is 28.4 Å². The van der Waals surface area contributed by atoms with Gasteiger partial charge in [0.05, 0.1) is 20.3 Å². The number of Topliss-reactive ketones (excluding diaryl/α,β-unsaturated/α-hetero) is 1. The largest absolute Gasteiger partial charge is 0.619 e. The lowest BCUT2D eigenvalue weighted by molar-refractivity contribution is -0.385. The second-order valence-electron chi connectivity index (χ2n) is 31.0. The molecule has 117 heavy (non-hydrogen) atoms. The van der Waals surface area contributed by atoms with Gasteiger partial charge in [0, 0.05) is 145 Å². The van der Waals surface area contributed by atoms with Gasteiger partial charge in [-0.25, -0.2) is 4.79 Å². The number of non-ortho nitro benzene ring substituents is 3. The summed E-state index contributed by atoms with van der Waals surface area (Å²) in [6.07, 6.45) is 0. The molecule has 1 N–H and O–H groups in total. The van der Waals surface area contributed by atoms with E-state index in [1.54, 1.807) is 79.7 Å². The average molecular weight is 1570 g/mol. The fraction of sp³-hybridized carbons (Fsp3) is 0.216. The van der Waals surface area contributed by atoms with Crippen LogP contribution < -0.4 is 0 Å². The Morgan fingerprint density at radius 2 is 0.444 bits per heavy atom. The predicted molar refractivity (Wildman–Crippen MR) is 464 cm³/mol. The number of carbonyl (C=O) groups excluding carboxylic acids is 1. The van der Waals surface area contributed by atoms with Crippen molar-refractivity contribution in [2.24, 2.45) is 0 Å². The van der Waals surface area contributed by atoms with Crippen molar-refractivity contribution >= 4 is 53.6 Å². The second kappa shape index (κ2) is 42.8. The van der Waals surface area contributed by atoms with E-state index in [9.17, 15) is 50.3 Å². The van der Waals surface area contributed by atoms with Crippen molar-refractivity contribution < 1.29 is 38.9 Å². The highest BCUT2D eigenvalue weighted by atomic mass is 16.6. The number of hydrogen-bond donors (Lipinski definition) is 1. The molecule has 0 radical (unpaired) electrons. The van der Waals surface area contributed by atoms with E-state index in [1.165, 1.54) is 75.3 Å². The number of ketones is 1. The summed E-state index contributed by atoms with van der Waals surface area (Å²) in [7, 11) is 0. The van der Waals surface area contributed by atoms with Gasteiger partial charge in [0.25, 0.3) is 17.1 Å². The quantitative estimate of drug-likeness (QED) is 0.0106. The first kappa shape index (κ1) is 87.7. The minimum Gasteiger partial charge on any atom is -0.619 e. The molecule has 12 aromatic carbocycles. The molecule has 12 rings (SSSR count). The van der Waals surface area contributed by atoms with Crippen molar-refractivity contribution in [2.45, 2.75) is 138 Å². The van der Waals surface area contributed by atoms with E-state index in [-0.39, 0.29) is 39.2 Å². The normalized spacial score (nSPS) is 11.2. The lowest BCUT2D eigenvalue weighted by atomic mass is 9.86. The summed E-state index contributed by atoms with van der Waals surface area (Å²) in [5.41, 5.74) is 18.8. The van der Waals surface area contributed by atoms with Crippen LogP contribution in [0.2, 0.25) is 0 Å². The highest BCUT2D eigenvalue weighted by molar-refractivity contribution is 5.94. The number of nitro groups is 3. The maximum absolute atomic E-state index is 11.5. The maximum Gasteiger partial charge on any atom is 0.335 e. The molecular weight excluding hydrogens is 1470 g/mol. The van der Waals surface area contributed by atoms with E-state index in [4.69, 9.17) is 5.11 Å². The molecular formula is C97H101N9O11. The molecule has 600 valence electrons. The third-order valence-electron chi connectivity index (χ3n) is 19.5. The Morgan fingerprint density at radius 1 is 0.274 bits per heavy atom. The molecule has 0 fully saturated rings. The summed E-state index contributed by atoms with van der Waals surface area (Å²) in [5.74, 6) is -0.857. The van der Waals surface area contributed by atoms with Crippen molar-refractivity contribution in [3.05, 3.63) is 439 Å². The SMILES string of the molecule is C=[N+]([O-])c1ccc(CN(Cc2ccc([N+](=O)[O-])cc2)Cc2ccc([N+](=O)[O-])cc2)cc1.C=[N+]([O-])c1ccc(CN(Cc2ccccc2)Cc2ccc([N+](=O)[O-])cc2)cc1.CC(=O)c1ccc(CN(Cc2ccccc2)Cc2ccc(C(=O)O)cc2)cc1.CC(C)(C)c1ccc(CN(Cc2ccccc2)Cc2ccc(C(C)(C)C)cc2)cc1. The summed E-state index contributed by atoms with van der Waals surface area (Å²) in [5, 5.41) is 64.3. The summed E-state index contributed by atoms with van der Waals surface area (Å²) >= 11 is 0. The predicted octanol–water partition coefficient (Wildman–Crippen LogP) is 21.5. The maximum atomic E-state index is 11.5. The van der Waals surface area contributed by atoms with E-state index in [1.807, 2.05) is 97.1 Å². The van der Waals surface area contributed by atoms with Gasteiger partial charge in [0.15, 0.2) is 5.78 Å². The van der Waals surface area contributed by atoms with Crippen LogP contribution in [-0.4, -0.2) is 74.1 Å². The first-order valence-corrected chi connectivity index (χ1v) is 38.5. The van der Waals surface area contributed by atoms with Crippen LogP contribution in [0.5, 0.6) is 0 Å². The van der Waals surface area contributed by atoms with Gasteiger partial charge in [-0.2, -0.15) is 9.48 Å². The van der Waals surface area contributed by atoms with Crippen LogP contribution in [0, 0.1) is 40.8 Å². The Labute approximate surface area is 685 Å². The fourth-order valence-corrected chi connectivity index (χ4v) is 13.0. The van der Waals surface area contributed by atoms with Crippen LogP contribution in [0.3, 0.4) is 0 Å². The molecule has 0 atom stereocenters. The van der Waals surface area contributed by atoms with E-state index >= 15 is 0 Å². The molecule has 20 heteroatoms. The molecule has 0 heterocycles. The Morgan fingerprint density at radius 3 is 0.615 bits per heavy atom. The van der Waals surface area contributed by atoms with Crippen molar-refractivity contribution in [3.63, 3.8) is 0 Å². The smallest absolute Gasteiger partial charge is 0.335 e. The first-order chi connectivity index (χ1) is 55.9. The number of carboxylic acid groups (broad SMARTS) is 1. The van der Waals surface area contributed by atoms with Gasteiger partial charge >= 0.3 is 5.97 Å². The summed E-state index contributed by atoms with van der Waals surface area (Å²) < 4.78 is 1.12. The summed E-state index contributed by atoms with van der Waals surface area (Å²) in [6, 6.07) is 97.9. The summed E-state index contributed by atoms with van der Waals surface area (Å²) in [6.45, 7) is 30.5. The molecule has 0 unspecified atom stereocenters. The molecule has 0 aliphatic rings. The van der Waals surface area contributed by atoms with Gasteiger partial charge in [-0.3, -0.25) is 54.7 Å². The monoisotopic (exact) mass is 1570 g/mol. The van der Waals surface area contributed by atoms with Gasteiger partial charge < -0.3 is 15.5 Å². The fourth-order valence-electron chi connectivity index (χ4n) is 13.0. The number of hydrogen-bond acceptors (Lipinski definition) is 14. The number of benzene rings is 12. The zero-order chi connectivity index (χ0) is 84.0. The Balaban J connectivity index is 0.000000178. The number of nitro benzene ring substituents is 3. The minimum absolute atomic E-state index is 0.0246. The van der Waals surface area contributed by atoms with Gasteiger partial charge in [0.1, 0.15) is 13.4 Å². The molecule has 0 aliphatic heterocycles. The molecule has 0 aliphatic carbocycles. The number of carbonyl (C=O) groups is 2. The van der Waals surface area contributed by atoms with Gasteiger partial charge in [-0.15, -0.1) is 0 Å². The number of carboxylic acids is 1. The van der Waals surface area contributed by atoms with Crippen molar-refractivity contribution in [2.75, 3.05) is 0 Å². The van der Waals surface area contributed by atoms with Crippen LogP contribution in [0.1, 0.15) is 147 Å². The lowest BCUT2D eigenvalue weighted by Crippen LogP contribution is -2.22. The second-order valence-corrected chi connectivity index (χ2v) is 31.0. The molecule has 20 nitrogen and oxygen atoms in total. The Kier molecular flexibility index (Phi) is 32.1. The third-order valence-corrected chi connectivity index (χ3v) is 19.5. The van der Waals surface area contributed by atoms with Crippen molar-refractivity contribution in [1.82, 2.24) is 19.6 Å². The molecule has 0 amide bonds. The topological polar surface area (TPSA) is 249 Å². The molecule has 0 saturated carbocycles. The van der Waals surface area contributed by atoms with Crippen LogP contribution in [-0.2, 0) is 89.4 Å². The highest BCUT2D eigenvalue weighted by Crippen LogP contribution is 2.28. The average Bonchev–Trinajstić information content (AvgIpc) is 0.882. The number of nitrogens with zero attached hydrogens (tertiary/aromatic N) is 9. The van der Waals surface area contributed by atoms with Crippen LogP contribution in [0.25, 0.3) is 0 Å². The van der Waals surface area contributed by atoms with E-state index in [2.05, 4.69) is 178 Å². The Hall–Kier alpha value is -13.2. The van der Waals surface area contributed by atoms with E-state index in [0.29, 0.717) is 65.7 Å². The van der Waals surface area contributed by atoms with Gasteiger partial charge in [-0.05, 0) is 108 Å². The summed E-state index contributed by atoms with van der Waals surface area (Å²) in [4.78, 5) is 63.1. The van der Waals surface area contributed by atoms with Crippen molar-refractivity contribution in [3.8, 4) is 0 Å². The van der Waals surface area contributed by atoms with Gasteiger partial charge in [-0.1, -0.05) is 278 Å². The van der Waals surface area contributed by atoms with E-state index in [0.717, 1.165) is 78.2 Å². The zero-order valence-corrected chi connectivity index (χ0v) is 67.4. The molecule has 0 bridgehead atoms. The molecule has 0 aromatic heterocycles. The Bertz CT molecular complexity index is 4710. The molecule has 0 saturated heterocycles.